The van der Waals surface area contributed by atoms with Gasteiger partial charge in [0.15, 0.2) is 0 Å². The number of nitrogens with one attached hydrogen (secondary N) is 2. The highest BCUT2D eigenvalue weighted by atomic mass is 35.5. The molecule has 1 fully saturated rings. The molecule has 6 nitrogen and oxygen atoms in total. The number of carbonyl (C=O) groups is 2. The van der Waals surface area contributed by atoms with Crippen LogP contribution in [-0.4, -0.2) is 56.1 Å². The topological polar surface area (TPSA) is 70.7 Å². The van der Waals surface area contributed by atoms with Gasteiger partial charge in [-0.2, -0.15) is 0 Å². The molecule has 2 heterocycles. The number of carbonyl (C=O) groups excluding carboxylic acids is 2. The second-order valence-electron chi connectivity index (χ2n) is 5.22. The molecule has 2 amide bonds. The van der Waals surface area contributed by atoms with Gasteiger partial charge in [-0.05, 0) is 30.2 Å². The molecule has 2 N–H and O–H groups in total. The fourth-order valence-electron chi connectivity index (χ4n) is 2.63. The van der Waals surface area contributed by atoms with E-state index in [9.17, 15) is 9.59 Å². The van der Waals surface area contributed by atoms with Gasteiger partial charge in [0.25, 0.3) is 5.91 Å². The van der Waals surface area contributed by atoms with Gasteiger partial charge in [-0.3, -0.25) is 9.59 Å². The number of nitrogens with zero attached hydrogens (tertiary/aromatic N) is 1. The largest absolute Gasteiger partial charge is 0.384 e. The van der Waals surface area contributed by atoms with Gasteiger partial charge in [-0.1, -0.05) is 0 Å². The van der Waals surface area contributed by atoms with Crippen molar-refractivity contribution in [1.29, 1.82) is 0 Å². The Kier molecular flexibility index (Phi) is 5.63. The molecule has 0 bridgehead atoms. The lowest BCUT2D eigenvalue weighted by Gasteiger charge is -2.26. The van der Waals surface area contributed by atoms with Gasteiger partial charge in [0.1, 0.15) is 0 Å². The van der Waals surface area contributed by atoms with Crippen LogP contribution in [0.5, 0.6) is 0 Å². The molecule has 1 saturated heterocycles. The number of halogens is 1. The number of fused-ring (bicyclic) bond motifs is 1. The van der Waals surface area contributed by atoms with Crippen molar-refractivity contribution in [2.45, 2.75) is 6.42 Å². The first-order valence-electron chi connectivity index (χ1n) is 7.24. The quantitative estimate of drug-likeness (QED) is 0.857. The first-order chi connectivity index (χ1) is 10.2. The van der Waals surface area contributed by atoms with Gasteiger partial charge in [0.05, 0.1) is 19.8 Å². The molecule has 0 saturated carbocycles. The van der Waals surface area contributed by atoms with E-state index in [2.05, 4.69) is 10.6 Å². The van der Waals surface area contributed by atoms with Gasteiger partial charge in [0.2, 0.25) is 5.91 Å². The van der Waals surface area contributed by atoms with Gasteiger partial charge >= 0.3 is 0 Å². The third-order valence-corrected chi connectivity index (χ3v) is 3.84. The Morgan fingerprint density at radius 3 is 2.82 bits per heavy atom. The van der Waals surface area contributed by atoms with Crippen LogP contribution in [0.1, 0.15) is 15.9 Å². The number of anilines is 1. The Morgan fingerprint density at radius 2 is 2.05 bits per heavy atom. The number of benzene rings is 1. The summed E-state index contributed by atoms with van der Waals surface area (Å²) in [5.74, 6) is -0.263. The van der Waals surface area contributed by atoms with Crippen LogP contribution in [0.2, 0.25) is 0 Å². The fourth-order valence-corrected chi connectivity index (χ4v) is 2.63. The van der Waals surface area contributed by atoms with E-state index in [0.29, 0.717) is 31.9 Å². The molecule has 0 aliphatic carbocycles. The van der Waals surface area contributed by atoms with E-state index in [1.54, 1.807) is 11.0 Å². The average molecular weight is 326 g/mol. The van der Waals surface area contributed by atoms with E-state index in [1.165, 1.54) is 0 Å². The number of rotatable bonds is 3. The average Bonchev–Trinajstić information content (AvgIpc) is 3.00. The zero-order valence-corrected chi connectivity index (χ0v) is 13.1. The third kappa shape index (κ3) is 3.69. The Balaban J connectivity index is 0.00000176. The molecule has 0 spiro atoms. The lowest BCUT2D eigenvalue weighted by molar-refractivity contribution is -0.134. The number of ether oxygens (including phenoxy) is 1. The van der Waals surface area contributed by atoms with E-state index in [4.69, 9.17) is 4.74 Å². The molecule has 22 heavy (non-hydrogen) atoms. The summed E-state index contributed by atoms with van der Waals surface area (Å²) in [5.41, 5.74) is 2.85. The van der Waals surface area contributed by atoms with Crippen molar-refractivity contribution in [3.05, 3.63) is 29.3 Å². The van der Waals surface area contributed by atoms with Crippen molar-refractivity contribution >= 4 is 29.9 Å². The highest BCUT2D eigenvalue weighted by molar-refractivity contribution is 5.97. The van der Waals surface area contributed by atoms with E-state index in [-0.39, 0.29) is 30.8 Å². The van der Waals surface area contributed by atoms with E-state index >= 15 is 0 Å². The number of morpholine rings is 1. The normalized spacial score (nSPS) is 16.3. The van der Waals surface area contributed by atoms with Crippen LogP contribution in [0.3, 0.4) is 0 Å². The minimum Gasteiger partial charge on any atom is -0.384 e. The van der Waals surface area contributed by atoms with Crippen LogP contribution in [0.4, 0.5) is 5.69 Å². The first-order valence-corrected chi connectivity index (χ1v) is 7.24. The van der Waals surface area contributed by atoms with Gasteiger partial charge in [0, 0.05) is 30.9 Å². The van der Waals surface area contributed by atoms with Gasteiger partial charge in [-0.15, -0.1) is 12.4 Å². The maximum absolute atomic E-state index is 12.1. The second kappa shape index (κ2) is 7.47. The molecule has 0 atom stereocenters. The summed E-state index contributed by atoms with van der Waals surface area (Å²) in [6.45, 7) is 3.28. The van der Waals surface area contributed by atoms with Gasteiger partial charge < -0.3 is 20.3 Å². The molecule has 0 unspecified atom stereocenters. The van der Waals surface area contributed by atoms with E-state index < -0.39 is 0 Å². The summed E-state index contributed by atoms with van der Waals surface area (Å²) < 4.78 is 5.20. The molecule has 7 heteroatoms. The molecule has 2 aliphatic heterocycles. The summed E-state index contributed by atoms with van der Waals surface area (Å²) in [4.78, 5) is 25.8. The molecular weight excluding hydrogens is 306 g/mol. The molecule has 0 radical (unpaired) electrons. The van der Waals surface area contributed by atoms with Crippen LogP contribution in [0.25, 0.3) is 0 Å². The SMILES string of the molecule is Cl.O=C(NCC(=O)N1CCOCC1)c1ccc2c(c1)CCN2. The summed E-state index contributed by atoms with van der Waals surface area (Å²) in [6.07, 6.45) is 0.934. The van der Waals surface area contributed by atoms with Crippen LogP contribution in [0.15, 0.2) is 18.2 Å². The molecule has 1 aromatic rings. The molecule has 2 aliphatic rings. The highest BCUT2D eigenvalue weighted by Gasteiger charge is 2.18. The van der Waals surface area contributed by atoms with Crippen molar-refractivity contribution in [2.24, 2.45) is 0 Å². The fraction of sp³-hybridized carbons (Fsp3) is 0.467. The molecule has 120 valence electrons. The zero-order chi connectivity index (χ0) is 14.7. The monoisotopic (exact) mass is 325 g/mol. The predicted molar refractivity (Wildman–Crippen MR) is 85.6 cm³/mol. The summed E-state index contributed by atoms with van der Waals surface area (Å²) >= 11 is 0. The van der Waals surface area contributed by atoms with Gasteiger partial charge in [-0.25, -0.2) is 0 Å². The van der Waals surface area contributed by atoms with Crippen LogP contribution in [-0.2, 0) is 16.0 Å². The minimum absolute atomic E-state index is 0. The summed E-state index contributed by atoms with van der Waals surface area (Å²) in [7, 11) is 0. The van der Waals surface area contributed by atoms with Crippen molar-refractivity contribution in [3.63, 3.8) is 0 Å². The van der Waals surface area contributed by atoms with Crippen molar-refractivity contribution in [2.75, 3.05) is 44.7 Å². The maximum atomic E-state index is 12.1. The van der Waals surface area contributed by atoms with Crippen LogP contribution < -0.4 is 10.6 Å². The molecule has 0 aromatic heterocycles. The standard InChI is InChI=1S/C15H19N3O3.ClH/c19-14(18-5-7-21-8-6-18)10-17-15(20)12-1-2-13-11(9-12)3-4-16-13;/h1-2,9,16H,3-8,10H2,(H,17,20);1H. The van der Waals surface area contributed by atoms with Crippen LogP contribution in [0, 0.1) is 0 Å². The molecular formula is C15H20ClN3O3. The number of amides is 2. The van der Waals surface area contributed by atoms with E-state index in [1.807, 2.05) is 12.1 Å². The Hall–Kier alpha value is -1.79. The van der Waals surface area contributed by atoms with Crippen molar-refractivity contribution < 1.29 is 14.3 Å². The maximum Gasteiger partial charge on any atom is 0.251 e. The number of hydrogen-bond acceptors (Lipinski definition) is 4. The van der Waals surface area contributed by atoms with Crippen LogP contribution >= 0.6 is 12.4 Å². The van der Waals surface area contributed by atoms with Crippen molar-refractivity contribution in [1.82, 2.24) is 10.2 Å². The lowest BCUT2D eigenvalue weighted by Crippen LogP contribution is -2.45. The predicted octanol–water partition coefficient (Wildman–Crippen LogP) is 0.665. The zero-order valence-electron chi connectivity index (χ0n) is 12.3. The minimum atomic E-state index is -0.202. The third-order valence-electron chi connectivity index (χ3n) is 3.84. The second-order valence-corrected chi connectivity index (χ2v) is 5.22. The first kappa shape index (κ1) is 16.6. The number of hydrogen-bond donors (Lipinski definition) is 2. The highest BCUT2D eigenvalue weighted by Crippen LogP contribution is 2.22. The summed E-state index contributed by atoms with van der Waals surface area (Å²) in [5, 5.41) is 5.95. The molecule has 1 aromatic carbocycles. The lowest BCUT2D eigenvalue weighted by atomic mass is 10.1. The van der Waals surface area contributed by atoms with E-state index in [0.717, 1.165) is 24.2 Å². The van der Waals surface area contributed by atoms with Crippen molar-refractivity contribution in [3.8, 4) is 0 Å². The summed E-state index contributed by atoms with van der Waals surface area (Å²) in [6, 6.07) is 5.59. The Morgan fingerprint density at radius 1 is 1.27 bits per heavy atom. The smallest absolute Gasteiger partial charge is 0.251 e. The molecule has 3 rings (SSSR count). The Bertz CT molecular complexity index is 559. The Labute approximate surface area is 135 Å².